The summed E-state index contributed by atoms with van der Waals surface area (Å²) in [7, 11) is 0. The van der Waals surface area contributed by atoms with Crippen molar-refractivity contribution in [2.45, 2.75) is 12.5 Å². The number of halogens is 1. The molecule has 2 aliphatic rings. The Morgan fingerprint density at radius 3 is 2.79 bits per heavy atom. The minimum atomic E-state index is -0.414. The number of rotatable bonds is 4. The third-order valence-corrected chi connectivity index (χ3v) is 4.73. The molecule has 0 aromatic carbocycles. The molecule has 2 aliphatic heterocycles. The van der Waals surface area contributed by atoms with E-state index in [1.165, 1.54) is 12.4 Å². The molecule has 0 unspecified atom stereocenters. The van der Waals surface area contributed by atoms with Gasteiger partial charge in [-0.1, -0.05) is 0 Å². The number of nitrogens with one attached hydrogen (secondary N) is 1. The minimum Gasteiger partial charge on any atom is -0.376 e. The number of anilines is 2. The summed E-state index contributed by atoms with van der Waals surface area (Å²) in [5.74, 6) is 1.72. The van der Waals surface area contributed by atoms with Gasteiger partial charge in [0.1, 0.15) is 0 Å². The van der Waals surface area contributed by atoms with E-state index in [1.54, 1.807) is 18.5 Å². The molecular formula is C16H19FN6O. The topological polar surface area (TPSA) is 76.1 Å². The number of fused-ring (bicyclic) bond motifs is 1. The van der Waals surface area contributed by atoms with Crippen molar-refractivity contribution in [2.24, 2.45) is 11.8 Å². The molecule has 8 heteroatoms. The van der Waals surface area contributed by atoms with Crippen molar-refractivity contribution in [3.8, 4) is 0 Å². The van der Waals surface area contributed by atoms with E-state index in [4.69, 9.17) is 4.74 Å². The molecule has 0 spiro atoms. The van der Waals surface area contributed by atoms with Crippen molar-refractivity contribution in [3.63, 3.8) is 0 Å². The number of piperidine rings is 1. The summed E-state index contributed by atoms with van der Waals surface area (Å²) in [6, 6.07) is 1.79. The average Bonchev–Trinajstić information content (AvgIpc) is 3.04. The second-order valence-corrected chi connectivity index (χ2v) is 6.18. The van der Waals surface area contributed by atoms with E-state index in [2.05, 4.69) is 30.2 Å². The largest absolute Gasteiger partial charge is 0.376 e. The molecule has 24 heavy (non-hydrogen) atoms. The van der Waals surface area contributed by atoms with Gasteiger partial charge in [-0.15, -0.1) is 0 Å². The first-order valence-electron chi connectivity index (χ1n) is 8.14. The molecule has 7 nitrogen and oxygen atoms in total. The van der Waals surface area contributed by atoms with E-state index in [-0.39, 0.29) is 6.10 Å². The van der Waals surface area contributed by atoms with Gasteiger partial charge in [-0.25, -0.2) is 24.3 Å². The lowest BCUT2D eigenvalue weighted by molar-refractivity contribution is 0.102. The summed E-state index contributed by atoms with van der Waals surface area (Å²) in [4.78, 5) is 18.7. The Hall–Kier alpha value is -2.35. The van der Waals surface area contributed by atoms with E-state index in [9.17, 15) is 4.39 Å². The molecule has 0 radical (unpaired) electrons. The fourth-order valence-electron chi connectivity index (χ4n) is 3.47. The molecule has 2 aromatic rings. The third-order valence-electron chi connectivity index (χ3n) is 4.73. The standard InChI is InChI=1S/C16H19FN6O/c17-12-6-21-16(22-7-12)23-5-2-11-10-24-14(13(11)9-23)8-20-15-18-3-1-4-19-15/h1,3-4,6-7,11,13-14H,2,5,8-10H2,(H,18,19,20)/t11-,13-,14+/m0/s1. The van der Waals surface area contributed by atoms with Gasteiger partial charge >= 0.3 is 0 Å². The van der Waals surface area contributed by atoms with Crippen LogP contribution in [0.2, 0.25) is 0 Å². The van der Waals surface area contributed by atoms with Crippen LogP contribution in [-0.2, 0) is 4.74 Å². The number of aromatic nitrogens is 4. The summed E-state index contributed by atoms with van der Waals surface area (Å²) >= 11 is 0. The Bertz CT molecular complexity index is 670. The molecular weight excluding hydrogens is 311 g/mol. The molecule has 2 fully saturated rings. The van der Waals surface area contributed by atoms with E-state index in [1.807, 2.05) is 0 Å². The van der Waals surface area contributed by atoms with Crippen LogP contribution >= 0.6 is 0 Å². The van der Waals surface area contributed by atoms with Gasteiger partial charge in [-0.05, 0) is 18.4 Å². The van der Waals surface area contributed by atoms with Gasteiger partial charge in [-0.2, -0.15) is 0 Å². The molecule has 4 rings (SSSR count). The molecule has 0 amide bonds. The summed E-state index contributed by atoms with van der Waals surface area (Å²) in [6.45, 7) is 3.14. The Balaban J connectivity index is 1.40. The summed E-state index contributed by atoms with van der Waals surface area (Å²) in [5.41, 5.74) is 0. The van der Waals surface area contributed by atoms with Crippen molar-refractivity contribution in [3.05, 3.63) is 36.7 Å². The maximum absolute atomic E-state index is 13.0. The highest BCUT2D eigenvalue weighted by atomic mass is 19.1. The van der Waals surface area contributed by atoms with Gasteiger partial charge in [-0.3, -0.25) is 0 Å². The van der Waals surface area contributed by atoms with Crippen LogP contribution in [0.4, 0.5) is 16.3 Å². The van der Waals surface area contributed by atoms with Crippen LogP contribution in [0.15, 0.2) is 30.9 Å². The molecule has 0 aliphatic carbocycles. The van der Waals surface area contributed by atoms with Crippen LogP contribution < -0.4 is 10.2 Å². The smallest absolute Gasteiger partial charge is 0.225 e. The average molecular weight is 330 g/mol. The fourth-order valence-corrected chi connectivity index (χ4v) is 3.47. The first-order chi connectivity index (χ1) is 11.8. The summed E-state index contributed by atoms with van der Waals surface area (Å²) < 4.78 is 19.0. The van der Waals surface area contributed by atoms with Crippen LogP contribution in [0, 0.1) is 17.7 Å². The van der Waals surface area contributed by atoms with Crippen molar-refractivity contribution in [1.29, 1.82) is 0 Å². The first kappa shape index (κ1) is 15.2. The molecule has 4 heterocycles. The van der Waals surface area contributed by atoms with Crippen molar-refractivity contribution in [2.75, 3.05) is 36.5 Å². The number of nitrogens with zero attached hydrogens (tertiary/aromatic N) is 5. The van der Waals surface area contributed by atoms with Gasteiger partial charge in [0.05, 0.1) is 25.1 Å². The quantitative estimate of drug-likeness (QED) is 0.907. The number of ether oxygens (including phenoxy) is 1. The lowest BCUT2D eigenvalue weighted by Gasteiger charge is -2.36. The monoisotopic (exact) mass is 330 g/mol. The maximum atomic E-state index is 13.0. The zero-order valence-electron chi connectivity index (χ0n) is 13.2. The van der Waals surface area contributed by atoms with Gasteiger partial charge in [0.15, 0.2) is 5.82 Å². The van der Waals surface area contributed by atoms with E-state index >= 15 is 0 Å². The van der Waals surface area contributed by atoms with Crippen LogP contribution in [0.25, 0.3) is 0 Å². The number of hydrogen-bond acceptors (Lipinski definition) is 7. The van der Waals surface area contributed by atoms with Gasteiger partial charge in [0.2, 0.25) is 11.9 Å². The summed E-state index contributed by atoms with van der Waals surface area (Å²) in [5, 5.41) is 3.24. The van der Waals surface area contributed by atoms with Gasteiger partial charge in [0, 0.05) is 37.9 Å². The second-order valence-electron chi connectivity index (χ2n) is 6.18. The van der Waals surface area contributed by atoms with E-state index in [0.29, 0.717) is 30.3 Å². The third kappa shape index (κ3) is 3.14. The van der Waals surface area contributed by atoms with Gasteiger partial charge in [0.25, 0.3) is 0 Å². The highest BCUT2D eigenvalue weighted by molar-refractivity contribution is 5.30. The van der Waals surface area contributed by atoms with E-state index in [0.717, 1.165) is 26.1 Å². The van der Waals surface area contributed by atoms with E-state index < -0.39 is 5.82 Å². The SMILES string of the molecule is Fc1cnc(N2CC[C@H]3CO[C@H](CNc4ncccn4)[C@H]3C2)nc1. The molecule has 0 bridgehead atoms. The highest BCUT2D eigenvalue weighted by Gasteiger charge is 2.41. The van der Waals surface area contributed by atoms with Crippen LogP contribution in [0.3, 0.4) is 0 Å². The predicted molar refractivity (Wildman–Crippen MR) is 86.1 cm³/mol. The number of hydrogen-bond donors (Lipinski definition) is 1. The molecule has 3 atom stereocenters. The Labute approximate surface area is 139 Å². The zero-order chi connectivity index (χ0) is 16.4. The highest BCUT2D eigenvalue weighted by Crippen LogP contribution is 2.35. The maximum Gasteiger partial charge on any atom is 0.225 e. The van der Waals surface area contributed by atoms with Crippen molar-refractivity contribution in [1.82, 2.24) is 19.9 Å². The Kier molecular flexibility index (Phi) is 4.20. The molecule has 0 saturated carbocycles. The Morgan fingerprint density at radius 2 is 2.00 bits per heavy atom. The lowest BCUT2D eigenvalue weighted by atomic mass is 9.84. The van der Waals surface area contributed by atoms with Gasteiger partial charge < -0.3 is 15.0 Å². The molecule has 2 aromatic heterocycles. The lowest BCUT2D eigenvalue weighted by Crippen LogP contribution is -2.44. The first-order valence-corrected chi connectivity index (χ1v) is 8.14. The minimum absolute atomic E-state index is 0.0991. The van der Waals surface area contributed by atoms with Crippen molar-refractivity contribution < 1.29 is 9.13 Å². The molecule has 1 N–H and O–H groups in total. The normalized spacial score (nSPS) is 26.2. The second kappa shape index (κ2) is 6.64. The van der Waals surface area contributed by atoms with Crippen LogP contribution in [0.5, 0.6) is 0 Å². The van der Waals surface area contributed by atoms with Crippen molar-refractivity contribution >= 4 is 11.9 Å². The van der Waals surface area contributed by atoms with Crippen LogP contribution in [0.1, 0.15) is 6.42 Å². The van der Waals surface area contributed by atoms with Crippen LogP contribution in [-0.4, -0.2) is 52.3 Å². The summed E-state index contributed by atoms with van der Waals surface area (Å²) in [6.07, 6.45) is 6.98. The Morgan fingerprint density at radius 1 is 1.21 bits per heavy atom. The molecule has 126 valence electrons. The molecule has 2 saturated heterocycles. The zero-order valence-corrected chi connectivity index (χ0v) is 13.2. The predicted octanol–water partition coefficient (Wildman–Crippen LogP) is 1.36. The fraction of sp³-hybridized carbons (Fsp3) is 0.500.